The smallest absolute Gasteiger partial charge is 0.293 e. The summed E-state index contributed by atoms with van der Waals surface area (Å²) in [7, 11) is 0.528. The molecule has 0 bridgehead atoms. The number of nitrogens with zero attached hydrogens (tertiary/aromatic N) is 6. The van der Waals surface area contributed by atoms with Gasteiger partial charge in [-0.05, 0) is 72.0 Å². The van der Waals surface area contributed by atoms with Crippen molar-refractivity contribution < 1.29 is 49.0 Å². The number of carbonyl (C=O) groups is 1. The number of aromatic nitrogens is 4. The highest BCUT2D eigenvalue weighted by Gasteiger charge is 2.67. The van der Waals surface area contributed by atoms with Crippen molar-refractivity contribution in [2.45, 2.75) is 49.7 Å². The Morgan fingerprint density at radius 1 is 1.03 bits per heavy atom. The van der Waals surface area contributed by atoms with Gasteiger partial charge in [0, 0.05) is 36.0 Å². The van der Waals surface area contributed by atoms with Crippen molar-refractivity contribution in [3.63, 3.8) is 0 Å². The number of benzene rings is 3. The normalized spacial score (nSPS) is 21.0. The number of fused-ring (bicyclic) bond motifs is 5. The third-order valence-corrected chi connectivity index (χ3v) is 12.9. The molecule has 0 spiro atoms. The minimum atomic E-state index is -3.90. The van der Waals surface area contributed by atoms with Crippen LogP contribution in [0.15, 0.2) is 81.7 Å². The molecule has 22 heteroatoms. The van der Waals surface area contributed by atoms with E-state index in [4.69, 9.17) is 26.1 Å². The summed E-state index contributed by atoms with van der Waals surface area (Å²) in [6.45, 7) is -0.990. The monoisotopic (exact) mass is 942 g/mol. The predicted molar refractivity (Wildman–Crippen MR) is 226 cm³/mol. The van der Waals surface area contributed by atoms with Gasteiger partial charge in [0.05, 0.1) is 54.6 Å². The molecule has 340 valence electrons. The van der Waals surface area contributed by atoms with E-state index in [1.165, 1.54) is 44.5 Å². The van der Waals surface area contributed by atoms with Crippen LogP contribution >= 0.6 is 11.6 Å². The van der Waals surface area contributed by atoms with Gasteiger partial charge < -0.3 is 14.8 Å². The number of hydrogen-bond donors (Lipinski definition) is 2. The molecule has 5 atom stereocenters. The summed E-state index contributed by atoms with van der Waals surface area (Å²) in [5.74, 6) is -9.12. The van der Waals surface area contributed by atoms with E-state index in [0.29, 0.717) is 33.4 Å². The van der Waals surface area contributed by atoms with E-state index in [1.54, 1.807) is 30.3 Å². The fraction of sp³-hybridized carbons (Fsp3) is 0.326. The molecule has 1 fully saturated rings. The maximum absolute atomic E-state index is 15.6. The fourth-order valence-corrected chi connectivity index (χ4v) is 10.1. The zero-order chi connectivity index (χ0) is 46.4. The summed E-state index contributed by atoms with van der Waals surface area (Å²) in [6, 6.07) is 9.86. The van der Waals surface area contributed by atoms with Gasteiger partial charge >= 0.3 is 0 Å². The van der Waals surface area contributed by atoms with Crippen LogP contribution in [0, 0.1) is 23.5 Å². The molecule has 3 heterocycles. The largest absolute Gasteiger partial charge is 0.496 e. The maximum atomic E-state index is 15.6. The quantitative estimate of drug-likeness (QED) is 0.132. The van der Waals surface area contributed by atoms with Crippen molar-refractivity contribution in [2.24, 2.45) is 16.9 Å². The summed E-state index contributed by atoms with van der Waals surface area (Å²) in [5, 5.41) is 12.4. The topological polar surface area (TPSA) is 162 Å². The molecule has 3 aromatic carbocycles. The lowest BCUT2D eigenvalue weighted by Gasteiger charge is -2.33. The number of hydrogen-bond acceptors (Lipinski definition) is 10. The standard InChI is InChI=1S/C43H37ClF6N8O6S/c1-56-37-29(11-10-26(44)35(37)40(54-56)55-65(4,61)62)58-41(52-27-15-20(8-9-23(27)42(58)60)33-30(63-2)6-5-7-31(33)64-3)28(14-19-12-21(45)16-22(46)13-19)51-32(59)18-57-38-34(36(53-57)39(47)48)24-17-25(24)43(38,49)50/h5-13,15-16,24-25,28,35,37,39H,14,17-18H2,1-4H3,(H,51,59)(H,54,55)/t24-,25+,28-,35?,37?/m0/s1. The van der Waals surface area contributed by atoms with Gasteiger partial charge in [0.2, 0.25) is 15.9 Å². The van der Waals surface area contributed by atoms with Crippen LogP contribution in [0.3, 0.4) is 0 Å². The van der Waals surface area contributed by atoms with Crippen LogP contribution in [-0.4, -0.2) is 78.1 Å². The molecule has 5 aromatic rings. The molecular weight excluding hydrogens is 906 g/mol. The van der Waals surface area contributed by atoms with Crippen molar-refractivity contribution in [3.8, 4) is 22.6 Å². The molecule has 9 rings (SSSR count). The van der Waals surface area contributed by atoms with Gasteiger partial charge in [-0.2, -0.15) is 19.0 Å². The Bertz CT molecular complexity index is 3060. The molecule has 2 unspecified atom stereocenters. The molecule has 0 saturated heterocycles. The molecule has 4 aliphatic rings. The molecular formula is C43H37ClF6N8O6S. The first kappa shape index (κ1) is 43.9. The number of rotatable bonds is 12. The van der Waals surface area contributed by atoms with Gasteiger partial charge in [0.15, 0.2) is 0 Å². The Hall–Kier alpha value is -6.35. The first-order valence-electron chi connectivity index (χ1n) is 20.0. The second-order valence-electron chi connectivity index (χ2n) is 16.2. The van der Waals surface area contributed by atoms with Crippen molar-refractivity contribution in [1.82, 2.24) is 34.4 Å². The molecule has 14 nitrogen and oxygen atoms in total. The summed E-state index contributed by atoms with van der Waals surface area (Å²) in [6.07, 6.45) is 0.125. The molecule has 3 aliphatic carbocycles. The van der Waals surface area contributed by atoms with E-state index < -0.39 is 99.7 Å². The number of methoxy groups -OCH3 is 2. The summed E-state index contributed by atoms with van der Waals surface area (Å²) >= 11 is 6.71. The first-order chi connectivity index (χ1) is 30.8. The number of carbonyl (C=O) groups excluding carboxylic acids is 1. The average Bonchev–Trinajstić information content (AvgIpc) is 3.78. The number of alkyl halides is 4. The van der Waals surface area contributed by atoms with Crippen LogP contribution in [0.25, 0.3) is 27.7 Å². The second kappa shape index (κ2) is 16.0. The molecule has 1 amide bonds. The van der Waals surface area contributed by atoms with Gasteiger partial charge in [-0.3, -0.25) is 28.6 Å². The van der Waals surface area contributed by atoms with Crippen LogP contribution in [0.2, 0.25) is 0 Å². The van der Waals surface area contributed by atoms with E-state index in [-0.39, 0.29) is 50.8 Å². The number of amides is 1. The number of nitrogens with one attached hydrogen (secondary N) is 2. The fourth-order valence-electron chi connectivity index (χ4n) is 9.25. The highest BCUT2D eigenvalue weighted by atomic mass is 35.5. The second-order valence-corrected chi connectivity index (χ2v) is 18.3. The average molecular weight is 943 g/mol. The number of sulfonamides is 1. The number of ether oxygens (including phenoxy) is 2. The lowest BCUT2D eigenvalue weighted by Crippen LogP contribution is -2.44. The van der Waals surface area contributed by atoms with Crippen molar-refractivity contribution in [1.29, 1.82) is 0 Å². The number of amidine groups is 1. The lowest BCUT2D eigenvalue weighted by atomic mass is 9.91. The van der Waals surface area contributed by atoms with Gasteiger partial charge in [-0.1, -0.05) is 23.7 Å². The molecule has 2 aromatic heterocycles. The van der Waals surface area contributed by atoms with Crippen LogP contribution < -0.4 is 25.1 Å². The van der Waals surface area contributed by atoms with E-state index in [0.717, 1.165) is 23.0 Å². The molecule has 1 saturated carbocycles. The van der Waals surface area contributed by atoms with E-state index in [1.807, 2.05) is 0 Å². The molecule has 65 heavy (non-hydrogen) atoms. The minimum Gasteiger partial charge on any atom is -0.496 e. The van der Waals surface area contributed by atoms with Gasteiger partial charge in [-0.25, -0.2) is 31.0 Å². The number of allylic oxidation sites excluding steroid dienone is 2. The Morgan fingerprint density at radius 3 is 2.37 bits per heavy atom. The Labute approximate surface area is 371 Å². The van der Waals surface area contributed by atoms with Crippen LogP contribution in [0.1, 0.15) is 53.1 Å². The highest BCUT2D eigenvalue weighted by Crippen LogP contribution is 2.68. The van der Waals surface area contributed by atoms with E-state index in [9.17, 15) is 30.8 Å². The Morgan fingerprint density at radius 2 is 1.72 bits per heavy atom. The van der Waals surface area contributed by atoms with Crippen molar-refractivity contribution >= 4 is 50.0 Å². The Balaban J connectivity index is 1.24. The zero-order valence-electron chi connectivity index (χ0n) is 34.6. The summed E-state index contributed by atoms with van der Waals surface area (Å²) in [4.78, 5) is 34.4. The first-order valence-corrected chi connectivity index (χ1v) is 22.2. The number of likely N-dealkylation sites (N-methyl/N-ethyl adjacent to an activating group) is 1. The number of hydrazone groups is 1. The van der Waals surface area contributed by atoms with Crippen molar-refractivity contribution in [2.75, 3.05) is 27.5 Å². The Kier molecular flexibility index (Phi) is 10.8. The van der Waals surface area contributed by atoms with E-state index in [2.05, 4.69) is 20.2 Å². The van der Waals surface area contributed by atoms with Crippen LogP contribution in [0.4, 0.5) is 26.3 Å². The minimum absolute atomic E-state index is 0.00919. The van der Waals surface area contributed by atoms with Crippen LogP contribution in [0.5, 0.6) is 11.5 Å². The summed E-state index contributed by atoms with van der Waals surface area (Å²) in [5.41, 5.74) is -1.56. The zero-order valence-corrected chi connectivity index (χ0v) is 36.2. The lowest BCUT2D eigenvalue weighted by molar-refractivity contribution is -0.123. The van der Waals surface area contributed by atoms with Crippen molar-refractivity contribution in [3.05, 3.63) is 122 Å². The van der Waals surface area contributed by atoms with Gasteiger partial charge in [0.1, 0.15) is 58.8 Å². The number of halogens is 7. The van der Waals surface area contributed by atoms with Gasteiger partial charge in [-0.15, -0.1) is 0 Å². The SMILES string of the molecule is COc1cccc(OC)c1-c1ccc2c(=O)n(C3=CC=C(Cl)C4C(NS(C)(=O)=O)=NN(C)C34)c([C@H](Cc3cc(F)cc(F)c3)NC(=O)Cn3nc(C(F)F)c4c3C(F)(F)[C@@H]3C[C@H]43)nc2c1. The predicted octanol–water partition coefficient (Wildman–Crippen LogP) is 6.57. The van der Waals surface area contributed by atoms with Gasteiger partial charge in [0.25, 0.3) is 17.9 Å². The summed E-state index contributed by atoms with van der Waals surface area (Å²) < 4.78 is 129. The molecule has 1 aliphatic heterocycles. The molecule has 2 N–H and O–H groups in total. The molecule has 0 radical (unpaired) electrons. The van der Waals surface area contributed by atoms with E-state index >= 15 is 13.6 Å². The third kappa shape index (κ3) is 7.66. The third-order valence-electron chi connectivity index (χ3n) is 11.9. The van der Waals surface area contributed by atoms with Crippen LogP contribution in [-0.2, 0) is 33.7 Å². The maximum Gasteiger partial charge on any atom is 0.293 e. The highest BCUT2D eigenvalue weighted by molar-refractivity contribution is 7.89.